The Hall–Kier alpha value is -2.60. The van der Waals surface area contributed by atoms with Crippen LogP contribution in [0.25, 0.3) is 0 Å². The van der Waals surface area contributed by atoms with Crippen molar-refractivity contribution in [3.8, 4) is 17.9 Å². The minimum Gasteiger partial charge on any atom is -0.497 e. The van der Waals surface area contributed by atoms with Crippen molar-refractivity contribution in [3.05, 3.63) is 24.0 Å². The lowest BCUT2D eigenvalue weighted by atomic mass is 10.3. The van der Waals surface area contributed by atoms with E-state index in [-0.39, 0.29) is 11.4 Å². The number of nitrogens with one attached hydrogen (secondary N) is 1. The van der Waals surface area contributed by atoms with Crippen molar-refractivity contribution >= 4 is 11.4 Å². The molecule has 0 bridgehead atoms. The van der Waals surface area contributed by atoms with Crippen molar-refractivity contribution in [1.82, 2.24) is 0 Å². The van der Waals surface area contributed by atoms with E-state index >= 15 is 0 Å². The Morgan fingerprint density at radius 2 is 2.12 bits per heavy atom. The fourth-order valence-electron chi connectivity index (χ4n) is 0.905. The molecule has 1 rings (SSSR count). The van der Waals surface area contributed by atoms with Crippen molar-refractivity contribution in [2.75, 3.05) is 12.5 Å². The van der Waals surface area contributed by atoms with E-state index in [1.807, 2.05) is 0 Å². The Bertz CT molecular complexity index is 483. The smallest absolute Gasteiger partial charge is 0.237 e. The molecule has 0 fully saturated rings. The van der Waals surface area contributed by atoms with Gasteiger partial charge in [0.2, 0.25) is 5.71 Å². The molecule has 0 aliphatic heterocycles. The van der Waals surface area contributed by atoms with Crippen LogP contribution in [0.2, 0.25) is 0 Å². The largest absolute Gasteiger partial charge is 0.497 e. The van der Waals surface area contributed by atoms with Crippen LogP contribution in [0.15, 0.2) is 23.3 Å². The first-order valence-corrected chi connectivity index (χ1v) is 4.18. The van der Waals surface area contributed by atoms with Gasteiger partial charge >= 0.3 is 0 Å². The number of hydrazone groups is 1. The summed E-state index contributed by atoms with van der Waals surface area (Å²) in [6.07, 6.45) is 0. The van der Waals surface area contributed by atoms with Gasteiger partial charge in [-0.05, 0) is 12.1 Å². The van der Waals surface area contributed by atoms with Crippen molar-refractivity contribution in [3.63, 3.8) is 0 Å². The van der Waals surface area contributed by atoms with Gasteiger partial charge in [-0.25, -0.2) is 4.39 Å². The fraction of sp³-hybridized carbons (Fsp3) is 0.100. The summed E-state index contributed by atoms with van der Waals surface area (Å²) < 4.78 is 18.1. The lowest BCUT2D eigenvalue weighted by Crippen LogP contribution is -1.98. The van der Waals surface area contributed by atoms with E-state index in [2.05, 4.69) is 10.5 Å². The molecule has 0 heterocycles. The highest BCUT2D eigenvalue weighted by Gasteiger charge is 2.03. The minimum absolute atomic E-state index is 0.0591. The zero-order chi connectivity index (χ0) is 12.0. The number of nitriles is 2. The summed E-state index contributed by atoms with van der Waals surface area (Å²) in [5, 5.41) is 20.2. The summed E-state index contributed by atoms with van der Waals surface area (Å²) in [6, 6.07) is 7.17. The van der Waals surface area contributed by atoms with Gasteiger partial charge in [-0.3, -0.25) is 5.43 Å². The van der Waals surface area contributed by atoms with Crippen LogP contribution in [0.3, 0.4) is 0 Å². The molecule has 1 aromatic carbocycles. The Kier molecular flexibility index (Phi) is 3.82. The Morgan fingerprint density at radius 1 is 1.44 bits per heavy atom. The molecule has 0 amide bonds. The first kappa shape index (κ1) is 11.5. The normalized spacial score (nSPS) is 8.50. The summed E-state index contributed by atoms with van der Waals surface area (Å²) in [4.78, 5) is 0. The van der Waals surface area contributed by atoms with E-state index in [1.54, 1.807) is 12.1 Å². The van der Waals surface area contributed by atoms with E-state index in [4.69, 9.17) is 15.3 Å². The predicted molar refractivity (Wildman–Crippen MR) is 55.2 cm³/mol. The second-order valence-corrected chi connectivity index (χ2v) is 2.64. The third kappa shape index (κ3) is 2.69. The average molecular weight is 218 g/mol. The summed E-state index contributed by atoms with van der Waals surface area (Å²) in [7, 11) is 1.42. The van der Waals surface area contributed by atoms with Gasteiger partial charge in [-0.15, -0.1) is 0 Å². The molecule has 0 saturated carbocycles. The van der Waals surface area contributed by atoms with Crippen LogP contribution in [-0.4, -0.2) is 12.8 Å². The van der Waals surface area contributed by atoms with Crippen molar-refractivity contribution in [2.45, 2.75) is 0 Å². The van der Waals surface area contributed by atoms with E-state index in [9.17, 15) is 4.39 Å². The third-order valence-corrected chi connectivity index (χ3v) is 1.68. The molecular weight excluding hydrogens is 211 g/mol. The molecule has 5 nitrogen and oxygen atoms in total. The number of rotatable bonds is 3. The number of methoxy groups -OCH3 is 1. The van der Waals surface area contributed by atoms with E-state index in [0.29, 0.717) is 5.75 Å². The monoisotopic (exact) mass is 218 g/mol. The van der Waals surface area contributed by atoms with E-state index in [0.717, 1.165) is 6.07 Å². The molecule has 6 heteroatoms. The summed E-state index contributed by atoms with van der Waals surface area (Å²) in [6.45, 7) is 0. The van der Waals surface area contributed by atoms with Crippen molar-refractivity contribution in [1.29, 1.82) is 10.5 Å². The van der Waals surface area contributed by atoms with Crippen LogP contribution in [0.4, 0.5) is 10.1 Å². The molecular formula is C10H7FN4O. The molecule has 0 saturated heterocycles. The Morgan fingerprint density at radius 3 is 2.62 bits per heavy atom. The number of hydrogen-bond acceptors (Lipinski definition) is 5. The van der Waals surface area contributed by atoms with Crippen LogP contribution < -0.4 is 10.2 Å². The van der Waals surface area contributed by atoms with E-state index < -0.39 is 5.82 Å². The molecule has 0 unspecified atom stereocenters. The molecule has 0 aromatic heterocycles. The number of halogens is 1. The highest BCUT2D eigenvalue weighted by molar-refractivity contribution is 6.10. The standard InChI is InChI=1S/C10H7FN4O/c1-16-8-2-3-10(9(11)4-8)15-14-7(5-12)6-13/h2-4,15H,1H3. The highest BCUT2D eigenvalue weighted by Crippen LogP contribution is 2.20. The van der Waals surface area contributed by atoms with Crippen molar-refractivity contribution < 1.29 is 9.13 Å². The summed E-state index contributed by atoms with van der Waals surface area (Å²) in [5.74, 6) is -0.217. The maximum atomic E-state index is 13.3. The van der Waals surface area contributed by atoms with Crippen LogP contribution in [-0.2, 0) is 0 Å². The van der Waals surface area contributed by atoms with Crippen LogP contribution >= 0.6 is 0 Å². The summed E-state index contributed by atoms with van der Waals surface area (Å²) >= 11 is 0. The maximum absolute atomic E-state index is 13.3. The molecule has 0 spiro atoms. The second-order valence-electron chi connectivity index (χ2n) is 2.64. The molecule has 0 atom stereocenters. The molecule has 0 aliphatic rings. The zero-order valence-electron chi connectivity index (χ0n) is 8.36. The van der Waals surface area contributed by atoms with Gasteiger partial charge in [0, 0.05) is 6.07 Å². The zero-order valence-corrected chi connectivity index (χ0v) is 8.36. The number of ether oxygens (including phenoxy) is 1. The highest BCUT2D eigenvalue weighted by atomic mass is 19.1. The first-order chi connectivity index (χ1) is 7.71. The molecule has 80 valence electrons. The molecule has 0 aliphatic carbocycles. The van der Waals surface area contributed by atoms with Gasteiger partial charge in [0.15, 0.2) is 5.82 Å². The van der Waals surface area contributed by atoms with Crippen LogP contribution in [0.5, 0.6) is 5.75 Å². The molecule has 1 aromatic rings. The predicted octanol–water partition coefficient (Wildman–Crippen LogP) is 1.65. The van der Waals surface area contributed by atoms with Gasteiger partial charge in [0.1, 0.15) is 17.9 Å². The Labute approximate surface area is 91.4 Å². The third-order valence-electron chi connectivity index (χ3n) is 1.68. The second kappa shape index (κ2) is 5.32. The Balaban J connectivity index is 2.88. The van der Waals surface area contributed by atoms with Gasteiger partial charge in [-0.2, -0.15) is 15.6 Å². The molecule has 1 N–H and O–H groups in total. The topological polar surface area (TPSA) is 81.2 Å². The van der Waals surface area contributed by atoms with E-state index in [1.165, 1.54) is 19.2 Å². The molecule has 16 heavy (non-hydrogen) atoms. The van der Waals surface area contributed by atoms with Crippen LogP contribution in [0.1, 0.15) is 0 Å². The number of hydrogen-bond donors (Lipinski definition) is 1. The number of benzene rings is 1. The van der Waals surface area contributed by atoms with Crippen LogP contribution in [0, 0.1) is 28.5 Å². The average Bonchev–Trinajstić information content (AvgIpc) is 2.32. The van der Waals surface area contributed by atoms with Gasteiger partial charge < -0.3 is 4.74 Å². The first-order valence-electron chi connectivity index (χ1n) is 4.18. The number of anilines is 1. The lowest BCUT2D eigenvalue weighted by molar-refractivity contribution is 0.411. The van der Waals surface area contributed by atoms with Gasteiger partial charge in [-0.1, -0.05) is 0 Å². The van der Waals surface area contributed by atoms with Gasteiger partial charge in [0.25, 0.3) is 0 Å². The lowest BCUT2D eigenvalue weighted by Gasteiger charge is -2.04. The SMILES string of the molecule is COc1ccc(NN=C(C#N)C#N)c(F)c1. The van der Waals surface area contributed by atoms with Gasteiger partial charge in [0.05, 0.1) is 12.8 Å². The quantitative estimate of drug-likeness (QED) is 0.617. The summed E-state index contributed by atoms with van der Waals surface area (Å²) in [5.41, 5.74) is 1.96. The fourth-order valence-corrected chi connectivity index (χ4v) is 0.905. The maximum Gasteiger partial charge on any atom is 0.237 e. The van der Waals surface area contributed by atoms with Crippen molar-refractivity contribution in [2.24, 2.45) is 5.10 Å². The minimum atomic E-state index is -0.585. The number of nitrogens with zero attached hydrogens (tertiary/aromatic N) is 3. The molecule has 0 radical (unpaired) electrons.